The maximum Gasteiger partial charge on any atom is 0.105 e. The largest absolute Gasteiger partial charge is 0.384 e. The van der Waals surface area contributed by atoms with Gasteiger partial charge in [-0.05, 0) is 50.3 Å². The minimum absolute atomic E-state index is 0.426. The number of hydrogen-bond donors (Lipinski definition) is 1. The van der Waals surface area contributed by atoms with Crippen LogP contribution < -0.4 is 0 Å². The Labute approximate surface area is 129 Å². The summed E-state index contributed by atoms with van der Waals surface area (Å²) in [6, 6.07) is 10.4. The molecule has 2 aliphatic rings. The van der Waals surface area contributed by atoms with Crippen LogP contribution in [0.1, 0.15) is 56.9 Å². The van der Waals surface area contributed by atoms with Gasteiger partial charge in [-0.3, -0.25) is 0 Å². The summed E-state index contributed by atoms with van der Waals surface area (Å²) in [4.78, 5) is 2.49. The summed E-state index contributed by atoms with van der Waals surface area (Å²) in [5.41, 5.74) is 0.474. The van der Waals surface area contributed by atoms with E-state index in [9.17, 15) is 5.11 Å². The lowest BCUT2D eigenvalue weighted by atomic mass is 9.73. The third-order valence-electron chi connectivity index (χ3n) is 5.47. The van der Waals surface area contributed by atoms with Gasteiger partial charge < -0.3 is 10.0 Å². The molecule has 1 aliphatic heterocycles. The predicted octanol–water partition coefficient (Wildman–Crippen LogP) is 3.94. The molecule has 2 fully saturated rings. The first-order valence-electron chi connectivity index (χ1n) is 8.79. The first kappa shape index (κ1) is 15.1. The van der Waals surface area contributed by atoms with Crippen molar-refractivity contribution in [2.75, 3.05) is 19.6 Å². The Morgan fingerprint density at radius 3 is 2.19 bits per heavy atom. The van der Waals surface area contributed by atoms with E-state index in [2.05, 4.69) is 29.2 Å². The van der Waals surface area contributed by atoms with Gasteiger partial charge in [-0.25, -0.2) is 0 Å². The molecule has 116 valence electrons. The number of benzene rings is 1. The summed E-state index contributed by atoms with van der Waals surface area (Å²) in [7, 11) is 0. The second-order valence-corrected chi connectivity index (χ2v) is 6.96. The van der Waals surface area contributed by atoms with Gasteiger partial charge in [0.2, 0.25) is 0 Å². The Morgan fingerprint density at radius 1 is 0.905 bits per heavy atom. The summed E-state index contributed by atoms with van der Waals surface area (Å²) in [6.45, 7) is 3.13. The summed E-state index contributed by atoms with van der Waals surface area (Å²) in [5, 5.41) is 11.6. The number of aliphatic hydroxyl groups is 1. The molecular formula is C19H29NO. The van der Waals surface area contributed by atoms with Crippen LogP contribution in [0.5, 0.6) is 0 Å². The molecule has 0 amide bonds. The molecule has 1 saturated carbocycles. The smallest absolute Gasteiger partial charge is 0.105 e. The monoisotopic (exact) mass is 287 g/mol. The standard InChI is InChI=1S/C19H29NO/c21-19(17-10-4-1-5-11-17,18-12-6-2-7-13-18)16-20-14-8-3-9-15-20/h1,4-5,10-11,18,21H,2-3,6-9,12-16H2. The highest BCUT2D eigenvalue weighted by atomic mass is 16.3. The quantitative estimate of drug-likeness (QED) is 0.906. The first-order chi connectivity index (χ1) is 10.3. The van der Waals surface area contributed by atoms with Crippen LogP contribution in [-0.2, 0) is 5.60 Å². The number of nitrogens with zero attached hydrogens (tertiary/aromatic N) is 1. The summed E-state index contributed by atoms with van der Waals surface area (Å²) >= 11 is 0. The molecule has 0 aromatic heterocycles. The van der Waals surface area contributed by atoms with Crippen LogP contribution in [0.4, 0.5) is 0 Å². The van der Waals surface area contributed by atoms with E-state index in [1.165, 1.54) is 51.4 Å². The zero-order chi connectivity index (χ0) is 14.5. The van der Waals surface area contributed by atoms with Crippen LogP contribution in [0.2, 0.25) is 0 Å². The van der Waals surface area contributed by atoms with Crippen molar-refractivity contribution < 1.29 is 5.11 Å². The van der Waals surface area contributed by atoms with Gasteiger partial charge >= 0.3 is 0 Å². The summed E-state index contributed by atoms with van der Waals surface area (Å²) < 4.78 is 0. The Kier molecular flexibility index (Phi) is 4.97. The van der Waals surface area contributed by atoms with Crippen molar-refractivity contribution in [3.8, 4) is 0 Å². The molecule has 1 unspecified atom stereocenters. The van der Waals surface area contributed by atoms with Gasteiger partial charge in [-0.15, -0.1) is 0 Å². The van der Waals surface area contributed by atoms with Crippen LogP contribution in [0.15, 0.2) is 30.3 Å². The van der Waals surface area contributed by atoms with Crippen molar-refractivity contribution in [2.24, 2.45) is 5.92 Å². The minimum Gasteiger partial charge on any atom is -0.384 e. The zero-order valence-corrected chi connectivity index (χ0v) is 13.1. The van der Waals surface area contributed by atoms with Crippen LogP contribution in [0, 0.1) is 5.92 Å². The van der Waals surface area contributed by atoms with Crippen molar-refractivity contribution >= 4 is 0 Å². The summed E-state index contributed by atoms with van der Waals surface area (Å²) in [6.07, 6.45) is 10.2. The highest BCUT2D eigenvalue weighted by Crippen LogP contribution is 2.40. The van der Waals surface area contributed by atoms with Gasteiger partial charge in [-0.2, -0.15) is 0 Å². The Hall–Kier alpha value is -0.860. The van der Waals surface area contributed by atoms with Gasteiger partial charge in [0.1, 0.15) is 5.60 Å². The normalized spacial score (nSPS) is 24.6. The Morgan fingerprint density at radius 2 is 1.52 bits per heavy atom. The molecule has 1 aliphatic carbocycles. The molecule has 3 rings (SSSR count). The topological polar surface area (TPSA) is 23.5 Å². The predicted molar refractivity (Wildman–Crippen MR) is 87.2 cm³/mol. The molecule has 1 heterocycles. The van der Waals surface area contributed by atoms with E-state index in [-0.39, 0.29) is 0 Å². The number of rotatable bonds is 4. The highest BCUT2D eigenvalue weighted by molar-refractivity contribution is 5.24. The fraction of sp³-hybridized carbons (Fsp3) is 0.684. The molecule has 1 aromatic rings. The van der Waals surface area contributed by atoms with Crippen LogP contribution in [0.3, 0.4) is 0 Å². The van der Waals surface area contributed by atoms with E-state index in [4.69, 9.17) is 0 Å². The maximum atomic E-state index is 11.6. The van der Waals surface area contributed by atoms with Crippen molar-refractivity contribution in [3.63, 3.8) is 0 Å². The van der Waals surface area contributed by atoms with Gasteiger partial charge in [0.05, 0.1) is 0 Å². The highest BCUT2D eigenvalue weighted by Gasteiger charge is 2.40. The van der Waals surface area contributed by atoms with E-state index in [0.717, 1.165) is 25.2 Å². The molecule has 1 aromatic carbocycles. The number of hydrogen-bond acceptors (Lipinski definition) is 2. The van der Waals surface area contributed by atoms with E-state index in [1.54, 1.807) is 0 Å². The fourth-order valence-corrected chi connectivity index (χ4v) is 4.22. The molecule has 0 spiro atoms. The van der Waals surface area contributed by atoms with Crippen molar-refractivity contribution in [3.05, 3.63) is 35.9 Å². The molecule has 21 heavy (non-hydrogen) atoms. The Balaban J connectivity index is 1.82. The third kappa shape index (κ3) is 3.49. The average molecular weight is 287 g/mol. The van der Waals surface area contributed by atoms with Gasteiger partial charge in [0, 0.05) is 6.54 Å². The van der Waals surface area contributed by atoms with E-state index in [0.29, 0.717) is 5.92 Å². The van der Waals surface area contributed by atoms with E-state index in [1.807, 2.05) is 6.07 Å². The second kappa shape index (κ2) is 6.93. The van der Waals surface area contributed by atoms with Crippen LogP contribution in [-0.4, -0.2) is 29.6 Å². The lowest BCUT2D eigenvalue weighted by Gasteiger charge is -2.43. The van der Waals surface area contributed by atoms with Gasteiger partial charge in [0.25, 0.3) is 0 Å². The number of piperidine rings is 1. The van der Waals surface area contributed by atoms with Crippen molar-refractivity contribution in [1.82, 2.24) is 4.90 Å². The van der Waals surface area contributed by atoms with Crippen molar-refractivity contribution in [1.29, 1.82) is 0 Å². The van der Waals surface area contributed by atoms with Gasteiger partial charge in [0.15, 0.2) is 0 Å². The van der Waals surface area contributed by atoms with Gasteiger partial charge in [-0.1, -0.05) is 56.0 Å². The molecule has 2 nitrogen and oxygen atoms in total. The van der Waals surface area contributed by atoms with E-state index < -0.39 is 5.60 Å². The van der Waals surface area contributed by atoms with Crippen LogP contribution >= 0.6 is 0 Å². The SMILES string of the molecule is OC(CN1CCCCC1)(c1ccccc1)C1CCCCC1. The molecule has 2 heteroatoms. The lowest BCUT2D eigenvalue weighted by molar-refractivity contribution is -0.0666. The first-order valence-corrected chi connectivity index (χ1v) is 8.79. The maximum absolute atomic E-state index is 11.6. The van der Waals surface area contributed by atoms with Crippen molar-refractivity contribution in [2.45, 2.75) is 57.0 Å². The number of β-amino-alcohol motifs (C(OH)–C–C–N with tert-alkyl or cyclic N) is 1. The minimum atomic E-state index is -0.654. The average Bonchev–Trinajstić information content (AvgIpc) is 2.57. The fourth-order valence-electron chi connectivity index (χ4n) is 4.22. The molecule has 0 radical (unpaired) electrons. The zero-order valence-electron chi connectivity index (χ0n) is 13.1. The molecule has 1 saturated heterocycles. The van der Waals surface area contributed by atoms with Crippen LogP contribution in [0.25, 0.3) is 0 Å². The lowest BCUT2D eigenvalue weighted by Crippen LogP contribution is -2.48. The molecular weight excluding hydrogens is 258 g/mol. The molecule has 0 bridgehead atoms. The Bertz CT molecular complexity index is 420. The second-order valence-electron chi connectivity index (χ2n) is 6.96. The third-order valence-corrected chi connectivity index (χ3v) is 5.47. The molecule has 1 atom stereocenters. The number of likely N-dealkylation sites (tertiary alicyclic amines) is 1. The molecule has 1 N–H and O–H groups in total. The summed E-state index contributed by atoms with van der Waals surface area (Å²) in [5.74, 6) is 0.426. The van der Waals surface area contributed by atoms with E-state index >= 15 is 0 Å².